The van der Waals surface area contributed by atoms with Crippen LogP contribution >= 0.6 is 7.75 Å². The molecule has 1 heterocycles. The van der Waals surface area contributed by atoms with Crippen LogP contribution in [0.5, 0.6) is 23.0 Å². The van der Waals surface area contributed by atoms with Crippen LogP contribution in [-0.4, -0.2) is 68.6 Å². The molecule has 1 saturated carbocycles. The first-order chi connectivity index (χ1) is 24.3. The zero-order valence-corrected chi connectivity index (χ0v) is 30.1. The van der Waals surface area contributed by atoms with Crippen molar-refractivity contribution in [2.45, 2.75) is 33.1 Å². The Kier molecular flexibility index (Phi) is 11.3. The number of methoxy groups -OCH3 is 1. The second kappa shape index (κ2) is 15.3. The second-order valence-electron chi connectivity index (χ2n) is 12.5. The molecule has 1 aliphatic rings. The molecule has 1 aliphatic carbocycles. The number of fused-ring (bicyclic) bond motifs is 1. The van der Waals surface area contributed by atoms with Gasteiger partial charge in [-0.1, -0.05) is 0 Å². The minimum Gasteiger partial charge on any atom is -0.493 e. The number of nitrogens with two attached hydrogens (primary N) is 1. The van der Waals surface area contributed by atoms with Gasteiger partial charge in [-0.05, 0) is 75.2 Å². The topological polar surface area (TPSA) is 140 Å². The lowest BCUT2D eigenvalue weighted by Gasteiger charge is -2.34. The number of hydrogen-bond acceptors (Lipinski definition) is 9. The number of pyridine rings is 1. The summed E-state index contributed by atoms with van der Waals surface area (Å²) < 4.78 is 71.5. The first-order valence-electron chi connectivity index (χ1n) is 16.5. The maximum absolute atomic E-state index is 15.7. The Morgan fingerprint density at radius 3 is 2.18 bits per heavy atom. The highest BCUT2D eigenvalue weighted by molar-refractivity contribution is 7.47. The number of aromatic nitrogens is 1. The molecule has 2 N–H and O–H groups in total. The summed E-state index contributed by atoms with van der Waals surface area (Å²) in [5.41, 5.74) is 4.99. The van der Waals surface area contributed by atoms with E-state index in [2.05, 4.69) is 4.98 Å². The maximum Gasteiger partial charge on any atom is 0.531 e. The maximum atomic E-state index is 15.7. The summed E-state index contributed by atoms with van der Waals surface area (Å²) in [4.78, 5) is 31.4. The molecule has 0 unspecified atom stereocenters. The summed E-state index contributed by atoms with van der Waals surface area (Å²) in [5, 5.41) is 0.512. The summed E-state index contributed by atoms with van der Waals surface area (Å²) in [6, 6.07) is 13.9. The van der Waals surface area contributed by atoms with Crippen molar-refractivity contribution in [3.8, 4) is 23.0 Å². The number of rotatable bonds is 17. The molecule has 0 spiro atoms. The number of ether oxygens (including phenoxy) is 3. The lowest BCUT2D eigenvalue weighted by molar-refractivity contribution is -0.782. The molecule has 1 fully saturated rings. The molecule has 12 nitrogen and oxygen atoms in total. The number of hydrogen-bond donors (Lipinski definition) is 1. The number of carbonyl (C=O) groups excluding carboxylic acids is 2. The van der Waals surface area contributed by atoms with Gasteiger partial charge in [0.1, 0.15) is 17.0 Å². The highest BCUT2D eigenvalue weighted by atomic mass is 31.2. The van der Waals surface area contributed by atoms with Crippen LogP contribution in [0.25, 0.3) is 10.9 Å². The van der Waals surface area contributed by atoms with Gasteiger partial charge in [-0.15, -0.1) is 0 Å². The highest BCUT2D eigenvalue weighted by Crippen LogP contribution is 2.56. The predicted molar refractivity (Wildman–Crippen MR) is 187 cm³/mol. The fourth-order valence-corrected chi connectivity index (χ4v) is 7.37. The van der Waals surface area contributed by atoms with E-state index in [1.165, 1.54) is 49.7 Å². The third-order valence-electron chi connectivity index (χ3n) is 8.65. The van der Waals surface area contributed by atoms with Gasteiger partial charge in [-0.3, -0.25) is 28.5 Å². The molecule has 0 atom stereocenters. The van der Waals surface area contributed by atoms with E-state index in [-0.39, 0.29) is 59.8 Å². The molecule has 272 valence electrons. The van der Waals surface area contributed by atoms with Crippen LogP contribution in [0.2, 0.25) is 0 Å². The number of primary amides is 1. The number of halogens is 2. The summed E-state index contributed by atoms with van der Waals surface area (Å²) in [6.07, 6.45) is 2.56. The van der Waals surface area contributed by atoms with Gasteiger partial charge in [0.05, 0.1) is 58.8 Å². The molecule has 4 aromatic rings. The van der Waals surface area contributed by atoms with Crippen molar-refractivity contribution in [1.29, 1.82) is 0 Å². The molecule has 2 amide bonds. The third-order valence-corrected chi connectivity index (χ3v) is 11.3. The van der Waals surface area contributed by atoms with Gasteiger partial charge in [0.15, 0.2) is 23.1 Å². The fourth-order valence-electron chi connectivity index (χ4n) is 5.63. The molecular formula is C36H42F2N4O8P+. The van der Waals surface area contributed by atoms with E-state index in [1.54, 1.807) is 46.1 Å². The molecule has 0 aliphatic heterocycles. The van der Waals surface area contributed by atoms with E-state index in [1.807, 2.05) is 0 Å². The Labute approximate surface area is 295 Å². The number of amides is 2. The van der Waals surface area contributed by atoms with Crippen LogP contribution in [0, 0.1) is 17.0 Å². The van der Waals surface area contributed by atoms with Crippen molar-refractivity contribution in [2.24, 2.45) is 11.1 Å². The second-order valence-corrected chi connectivity index (χ2v) is 15.0. The van der Waals surface area contributed by atoms with Crippen LogP contribution in [0.3, 0.4) is 0 Å². The van der Waals surface area contributed by atoms with Crippen LogP contribution in [0.15, 0.2) is 66.9 Å². The fraction of sp³-hybridized carbons (Fsp3) is 0.361. The Bertz CT molecular complexity index is 1950. The van der Waals surface area contributed by atoms with E-state index in [0.29, 0.717) is 35.4 Å². The number of benzene rings is 3. The van der Waals surface area contributed by atoms with Gasteiger partial charge in [0.2, 0.25) is 11.8 Å². The van der Waals surface area contributed by atoms with Crippen molar-refractivity contribution in [3.05, 3.63) is 78.5 Å². The van der Waals surface area contributed by atoms with Crippen molar-refractivity contribution in [2.75, 3.05) is 52.5 Å². The van der Waals surface area contributed by atoms with Gasteiger partial charge >= 0.3 is 7.75 Å². The van der Waals surface area contributed by atoms with E-state index >= 15 is 4.39 Å². The first-order valence-corrected chi connectivity index (χ1v) is 18.0. The molecule has 0 saturated heterocycles. The van der Waals surface area contributed by atoms with Crippen LogP contribution < -0.4 is 24.8 Å². The van der Waals surface area contributed by atoms with E-state index in [9.17, 15) is 18.5 Å². The van der Waals surface area contributed by atoms with Gasteiger partial charge in [-0.2, -0.15) is 0 Å². The van der Waals surface area contributed by atoms with Crippen molar-refractivity contribution in [3.63, 3.8) is 0 Å². The molecule has 15 heteroatoms. The SMILES string of the molecule is CCOP(=O)(OCC)[N+](C)(C)CCCOc1cc2nccc(Oc3ccc(N(C(=O)C4(C(N)=O)CC4)c4ccc(F)cc4)cc3F)c2cc1OC. The average Bonchev–Trinajstić information content (AvgIpc) is 3.91. The summed E-state index contributed by atoms with van der Waals surface area (Å²) in [7, 11) is 1.67. The first kappa shape index (κ1) is 37.6. The molecule has 1 aromatic heterocycles. The van der Waals surface area contributed by atoms with E-state index in [4.69, 9.17) is 29.0 Å². The largest absolute Gasteiger partial charge is 0.531 e. The molecule has 3 aromatic carbocycles. The average molecular weight is 728 g/mol. The Balaban J connectivity index is 1.36. The normalized spacial score (nSPS) is 13.9. The molecule has 51 heavy (non-hydrogen) atoms. The quantitative estimate of drug-likeness (QED) is 0.0676. The smallest absolute Gasteiger partial charge is 0.493 e. The standard InChI is InChI=1S/C36H41F2N4O8P/c1-6-48-51(45,49-7-2)42(3,4)19-8-20-47-33-23-29-27(22-32(33)46-5)30(15-18-40-29)50-31-14-13-26(21-28(31)38)41(25-11-9-24(37)10-12-25)35(44)36(16-17-36)34(39)43/h9-15,18,21-23H,6-8,16-17,19-20H2,1-5H3,(H-,39,43)/p+1. The van der Waals surface area contributed by atoms with Gasteiger partial charge < -0.3 is 19.9 Å². The Hall–Kier alpha value is -4.62. The van der Waals surface area contributed by atoms with Crippen molar-refractivity contribution >= 4 is 41.8 Å². The molecular weight excluding hydrogens is 685 g/mol. The van der Waals surface area contributed by atoms with Crippen LogP contribution in [0.4, 0.5) is 20.2 Å². The minimum absolute atomic E-state index is 0.0292. The van der Waals surface area contributed by atoms with Gasteiger partial charge in [0.25, 0.3) is 0 Å². The van der Waals surface area contributed by atoms with E-state index in [0.717, 1.165) is 11.0 Å². The number of nitrogens with zero attached hydrogens (tertiary/aromatic N) is 3. The Morgan fingerprint density at radius 2 is 1.59 bits per heavy atom. The monoisotopic (exact) mass is 727 g/mol. The lowest BCUT2D eigenvalue weighted by Crippen LogP contribution is -2.41. The summed E-state index contributed by atoms with van der Waals surface area (Å²) in [6.45, 7) is 4.78. The highest BCUT2D eigenvalue weighted by Gasteiger charge is 2.57. The van der Waals surface area contributed by atoms with Crippen LogP contribution in [0.1, 0.15) is 33.1 Å². The number of anilines is 2. The molecule has 0 bridgehead atoms. The predicted octanol–water partition coefficient (Wildman–Crippen LogP) is 7.27. The van der Waals surface area contributed by atoms with Crippen molar-refractivity contribution in [1.82, 2.24) is 4.98 Å². The number of quaternary nitrogens is 1. The molecule has 0 radical (unpaired) electrons. The van der Waals surface area contributed by atoms with Crippen molar-refractivity contribution < 1.29 is 50.4 Å². The summed E-state index contributed by atoms with van der Waals surface area (Å²) in [5.74, 6) is -1.79. The van der Waals surface area contributed by atoms with Gasteiger partial charge in [0, 0.05) is 35.8 Å². The van der Waals surface area contributed by atoms with Crippen LogP contribution in [-0.2, 0) is 23.2 Å². The van der Waals surface area contributed by atoms with E-state index < -0.39 is 36.6 Å². The van der Waals surface area contributed by atoms with Gasteiger partial charge in [-0.25, -0.2) is 17.6 Å². The Morgan fingerprint density at radius 1 is 0.922 bits per heavy atom. The number of carbonyl (C=O) groups is 2. The molecule has 5 rings (SSSR count). The zero-order valence-electron chi connectivity index (χ0n) is 29.2. The lowest BCUT2D eigenvalue weighted by atomic mass is 10.0. The zero-order chi connectivity index (χ0) is 37.0. The summed E-state index contributed by atoms with van der Waals surface area (Å²) >= 11 is 0. The minimum atomic E-state index is -3.40. The third kappa shape index (κ3) is 7.84.